The summed E-state index contributed by atoms with van der Waals surface area (Å²) in [7, 11) is 1.71. The van der Waals surface area contributed by atoms with Gasteiger partial charge in [-0.05, 0) is 61.9 Å². The van der Waals surface area contributed by atoms with Crippen molar-refractivity contribution in [2.75, 3.05) is 20.2 Å². The number of benzene rings is 1. The van der Waals surface area contributed by atoms with E-state index in [0.717, 1.165) is 30.7 Å². The molecule has 1 atom stereocenters. The van der Waals surface area contributed by atoms with Gasteiger partial charge in [-0.15, -0.1) is 0 Å². The van der Waals surface area contributed by atoms with Crippen molar-refractivity contribution < 1.29 is 4.74 Å². The minimum atomic E-state index is 0.742. The number of hydrogen-bond acceptors (Lipinski definition) is 2. The molecule has 0 spiro atoms. The van der Waals surface area contributed by atoms with Crippen LogP contribution in [0, 0.1) is 11.8 Å². The molecular formula is C17H29NO. The van der Waals surface area contributed by atoms with Crippen LogP contribution in [0.3, 0.4) is 0 Å². The van der Waals surface area contributed by atoms with Gasteiger partial charge in [-0.2, -0.15) is 0 Å². The molecule has 1 aromatic carbocycles. The second-order valence-electron chi connectivity index (χ2n) is 5.90. The molecule has 1 aromatic rings. The lowest BCUT2D eigenvalue weighted by Crippen LogP contribution is -2.25. The average Bonchev–Trinajstić information content (AvgIpc) is 2.39. The summed E-state index contributed by atoms with van der Waals surface area (Å²) in [5.74, 6) is 2.44. The van der Waals surface area contributed by atoms with Crippen LogP contribution in [0.15, 0.2) is 24.3 Å². The highest BCUT2D eigenvalue weighted by Crippen LogP contribution is 2.14. The highest BCUT2D eigenvalue weighted by Gasteiger charge is 2.03. The van der Waals surface area contributed by atoms with E-state index in [1.54, 1.807) is 7.11 Å². The monoisotopic (exact) mass is 263 g/mol. The van der Waals surface area contributed by atoms with Crippen molar-refractivity contribution in [2.45, 2.75) is 40.0 Å². The fourth-order valence-electron chi connectivity index (χ4n) is 2.17. The largest absolute Gasteiger partial charge is 0.497 e. The molecule has 108 valence electrons. The van der Waals surface area contributed by atoms with E-state index >= 15 is 0 Å². The molecule has 0 bridgehead atoms. The van der Waals surface area contributed by atoms with Gasteiger partial charge in [0.2, 0.25) is 0 Å². The number of methoxy groups -OCH3 is 1. The van der Waals surface area contributed by atoms with E-state index in [0.29, 0.717) is 0 Å². The minimum absolute atomic E-state index is 0.742. The van der Waals surface area contributed by atoms with Gasteiger partial charge in [-0.3, -0.25) is 0 Å². The summed E-state index contributed by atoms with van der Waals surface area (Å²) in [6.45, 7) is 9.10. The van der Waals surface area contributed by atoms with E-state index in [1.165, 1.54) is 24.8 Å². The third-order valence-electron chi connectivity index (χ3n) is 3.37. The Kier molecular flexibility index (Phi) is 7.57. The summed E-state index contributed by atoms with van der Waals surface area (Å²) in [4.78, 5) is 0. The molecule has 0 fully saturated rings. The van der Waals surface area contributed by atoms with Crippen LogP contribution < -0.4 is 10.1 Å². The van der Waals surface area contributed by atoms with Gasteiger partial charge in [0.15, 0.2) is 0 Å². The van der Waals surface area contributed by atoms with Crippen molar-refractivity contribution in [1.29, 1.82) is 0 Å². The Balaban J connectivity index is 2.14. The lowest BCUT2D eigenvalue weighted by atomic mass is 10.0. The molecule has 1 rings (SSSR count). The molecule has 0 amide bonds. The molecule has 0 radical (unpaired) electrons. The first-order valence-corrected chi connectivity index (χ1v) is 7.45. The second kappa shape index (κ2) is 8.98. The molecule has 1 N–H and O–H groups in total. The Labute approximate surface area is 118 Å². The van der Waals surface area contributed by atoms with Crippen molar-refractivity contribution in [1.82, 2.24) is 5.32 Å². The Bertz CT molecular complexity index is 332. The number of ether oxygens (including phenoxy) is 1. The van der Waals surface area contributed by atoms with Crippen LogP contribution in [0.2, 0.25) is 0 Å². The molecule has 0 aliphatic carbocycles. The van der Waals surface area contributed by atoms with Crippen LogP contribution >= 0.6 is 0 Å². The van der Waals surface area contributed by atoms with E-state index in [-0.39, 0.29) is 0 Å². The van der Waals surface area contributed by atoms with Gasteiger partial charge < -0.3 is 10.1 Å². The molecule has 0 saturated carbocycles. The predicted molar refractivity (Wildman–Crippen MR) is 82.8 cm³/mol. The summed E-state index contributed by atoms with van der Waals surface area (Å²) >= 11 is 0. The van der Waals surface area contributed by atoms with Crippen LogP contribution in [-0.2, 0) is 6.42 Å². The van der Waals surface area contributed by atoms with Crippen molar-refractivity contribution in [3.05, 3.63) is 29.8 Å². The lowest BCUT2D eigenvalue weighted by molar-refractivity contribution is 0.414. The molecule has 0 heterocycles. The average molecular weight is 263 g/mol. The summed E-state index contributed by atoms with van der Waals surface area (Å²) in [5, 5.41) is 3.53. The van der Waals surface area contributed by atoms with Crippen LogP contribution in [0.4, 0.5) is 0 Å². The highest BCUT2D eigenvalue weighted by molar-refractivity contribution is 5.27. The van der Waals surface area contributed by atoms with Crippen molar-refractivity contribution in [3.63, 3.8) is 0 Å². The maximum Gasteiger partial charge on any atom is 0.118 e. The zero-order valence-electron chi connectivity index (χ0n) is 12.9. The van der Waals surface area contributed by atoms with Crippen LogP contribution in [0.5, 0.6) is 5.75 Å². The molecule has 19 heavy (non-hydrogen) atoms. The Morgan fingerprint density at radius 2 is 1.74 bits per heavy atom. The number of hydrogen-bond donors (Lipinski definition) is 1. The fourth-order valence-corrected chi connectivity index (χ4v) is 2.17. The topological polar surface area (TPSA) is 21.3 Å². The first-order chi connectivity index (χ1) is 9.11. The second-order valence-corrected chi connectivity index (χ2v) is 5.90. The van der Waals surface area contributed by atoms with Gasteiger partial charge in [0.05, 0.1) is 7.11 Å². The van der Waals surface area contributed by atoms with E-state index < -0.39 is 0 Å². The Morgan fingerprint density at radius 3 is 2.32 bits per heavy atom. The van der Waals surface area contributed by atoms with Crippen molar-refractivity contribution >= 4 is 0 Å². The summed E-state index contributed by atoms with van der Waals surface area (Å²) in [6.07, 6.45) is 3.71. The quantitative estimate of drug-likeness (QED) is 0.729. The van der Waals surface area contributed by atoms with Crippen LogP contribution in [0.1, 0.15) is 39.2 Å². The molecule has 0 aliphatic rings. The van der Waals surface area contributed by atoms with Gasteiger partial charge >= 0.3 is 0 Å². The SMILES string of the molecule is COc1ccc(CCCC(C)CNCC(C)C)cc1. The number of aryl methyl sites for hydroxylation is 1. The number of rotatable bonds is 9. The van der Waals surface area contributed by atoms with E-state index in [2.05, 4.69) is 38.2 Å². The number of nitrogens with one attached hydrogen (secondary N) is 1. The van der Waals surface area contributed by atoms with Gasteiger partial charge in [-0.25, -0.2) is 0 Å². The predicted octanol–water partition coefficient (Wildman–Crippen LogP) is 3.90. The Hall–Kier alpha value is -1.02. The summed E-state index contributed by atoms with van der Waals surface area (Å²) < 4.78 is 5.17. The standard InChI is InChI=1S/C17H29NO/c1-14(2)12-18-13-15(3)6-5-7-16-8-10-17(19-4)11-9-16/h8-11,14-15,18H,5-7,12-13H2,1-4H3. The molecule has 2 heteroatoms. The van der Waals surface area contributed by atoms with Crippen molar-refractivity contribution in [3.8, 4) is 5.75 Å². The van der Waals surface area contributed by atoms with E-state index in [4.69, 9.17) is 4.74 Å². The molecule has 0 saturated heterocycles. The third kappa shape index (κ3) is 7.22. The molecule has 2 nitrogen and oxygen atoms in total. The van der Waals surface area contributed by atoms with Crippen molar-refractivity contribution in [2.24, 2.45) is 11.8 Å². The normalized spacial score (nSPS) is 12.7. The Morgan fingerprint density at radius 1 is 1.05 bits per heavy atom. The molecule has 0 aromatic heterocycles. The van der Waals surface area contributed by atoms with Gasteiger partial charge in [-0.1, -0.05) is 32.9 Å². The van der Waals surface area contributed by atoms with E-state index in [9.17, 15) is 0 Å². The summed E-state index contributed by atoms with van der Waals surface area (Å²) in [5.41, 5.74) is 1.41. The van der Waals surface area contributed by atoms with E-state index in [1.807, 2.05) is 12.1 Å². The van der Waals surface area contributed by atoms with Gasteiger partial charge in [0.1, 0.15) is 5.75 Å². The molecule has 0 aliphatic heterocycles. The first-order valence-electron chi connectivity index (χ1n) is 7.45. The fraction of sp³-hybridized carbons (Fsp3) is 0.647. The minimum Gasteiger partial charge on any atom is -0.497 e. The zero-order valence-corrected chi connectivity index (χ0v) is 12.9. The van der Waals surface area contributed by atoms with Gasteiger partial charge in [0.25, 0.3) is 0 Å². The van der Waals surface area contributed by atoms with Gasteiger partial charge in [0, 0.05) is 0 Å². The van der Waals surface area contributed by atoms with Crippen LogP contribution in [-0.4, -0.2) is 20.2 Å². The molecule has 1 unspecified atom stereocenters. The maximum absolute atomic E-state index is 5.17. The third-order valence-corrected chi connectivity index (χ3v) is 3.37. The van der Waals surface area contributed by atoms with Crippen LogP contribution in [0.25, 0.3) is 0 Å². The lowest BCUT2D eigenvalue weighted by Gasteiger charge is -2.13. The molecular weight excluding hydrogens is 234 g/mol. The highest BCUT2D eigenvalue weighted by atomic mass is 16.5. The smallest absolute Gasteiger partial charge is 0.118 e. The summed E-state index contributed by atoms with van der Waals surface area (Å²) in [6, 6.07) is 8.42. The first kappa shape index (κ1) is 16.0. The zero-order chi connectivity index (χ0) is 14.1. The maximum atomic E-state index is 5.17.